The highest BCUT2D eigenvalue weighted by Gasteiger charge is 2.28. The Labute approximate surface area is 139 Å². The van der Waals surface area contributed by atoms with Crippen LogP contribution in [0.3, 0.4) is 0 Å². The highest BCUT2D eigenvalue weighted by atomic mass is 16.5. The van der Waals surface area contributed by atoms with Crippen LogP contribution in [0.2, 0.25) is 0 Å². The van der Waals surface area contributed by atoms with E-state index in [4.69, 9.17) is 14.3 Å². The number of rotatable bonds is 4. The van der Waals surface area contributed by atoms with E-state index < -0.39 is 5.97 Å². The number of benzene rings is 1. The topological polar surface area (TPSA) is 80.0 Å². The van der Waals surface area contributed by atoms with Crippen molar-refractivity contribution in [3.63, 3.8) is 0 Å². The largest absolute Gasteiger partial charge is 0.492 e. The van der Waals surface area contributed by atoms with Crippen LogP contribution in [0.5, 0.6) is 5.75 Å². The summed E-state index contributed by atoms with van der Waals surface area (Å²) < 4.78 is 11.1. The number of carboxylic acids is 1. The number of amides is 1. The molecule has 1 aromatic heterocycles. The van der Waals surface area contributed by atoms with Crippen molar-refractivity contribution in [3.8, 4) is 5.75 Å². The lowest BCUT2D eigenvalue weighted by Crippen LogP contribution is -2.38. The average molecular weight is 329 g/mol. The molecule has 0 aliphatic carbocycles. The first-order chi connectivity index (χ1) is 11.5. The minimum Gasteiger partial charge on any atom is -0.492 e. The number of carbonyl (C=O) groups is 2. The molecule has 1 aliphatic heterocycles. The van der Waals surface area contributed by atoms with E-state index in [2.05, 4.69) is 0 Å². The molecule has 1 aromatic carbocycles. The summed E-state index contributed by atoms with van der Waals surface area (Å²) in [4.78, 5) is 25.2. The van der Waals surface area contributed by atoms with Gasteiger partial charge in [0.2, 0.25) is 5.91 Å². The van der Waals surface area contributed by atoms with Crippen molar-refractivity contribution in [1.82, 2.24) is 4.90 Å². The molecule has 1 amide bonds. The zero-order valence-electron chi connectivity index (χ0n) is 13.6. The normalized spacial score (nSPS) is 16.2. The summed E-state index contributed by atoms with van der Waals surface area (Å²) in [5.41, 5.74) is 1.15. The molecule has 1 atom stereocenters. The molecule has 6 heteroatoms. The van der Waals surface area contributed by atoms with Gasteiger partial charge < -0.3 is 19.2 Å². The predicted octanol–water partition coefficient (Wildman–Crippen LogP) is 2.50. The van der Waals surface area contributed by atoms with Crippen molar-refractivity contribution in [2.75, 3.05) is 13.7 Å². The fourth-order valence-corrected chi connectivity index (χ4v) is 2.94. The maximum Gasteiger partial charge on any atom is 0.339 e. The quantitative estimate of drug-likeness (QED) is 0.932. The summed E-state index contributed by atoms with van der Waals surface area (Å²) in [6.45, 7) is 2.17. The van der Waals surface area contributed by atoms with Crippen LogP contribution >= 0.6 is 0 Å². The summed E-state index contributed by atoms with van der Waals surface area (Å²) in [7, 11) is 1.68. The zero-order chi connectivity index (χ0) is 17.3. The van der Waals surface area contributed by atoms with E-state index in [1.54, 1.807) is 18.9 Å². The summed E-state index contributed by atoms with van der Waals surface area (Å²) >= 11 is 0. The van der Waals surface area contributed by atoms with E-state index in [0.29, 0.717) is 24.5 Å². The number of para-hydroxylation sites is 1. The molecule has 6 nitrogen and oxygen atoms in total. The van der Waals surface area contributed by atoms with Gasteiger partial charge in [0.25, 0.3) is 0 Å². The molecule has 3 rings (SSSR count). The van der Waals surface area contributed by atoms with Crippen molar-refractivity contribution in [1.29, 1.82) is 0 Å². The average Bonchev–Trinajstić information content (AvgIpc) is 2.94. The monoisotopic (exact) mass is 329 g/mol. The van der Waals surface area contributed by atoms with Crippen LogP contribution in [0.15, 0.2) is 34.7 Å². The Balaban J connectivity index is 1.67. The Kier molecular flexibility index (Phi) is 4.29. The van der Waals surface area contributed by atoms with E-state index in [1.807, 2.05) is 24.3 Å². The zero-order valence-corrected chi connectivity index (χ0v) is 13.6. The molecular formula is C18H19NO5. The summed E-state index contributed by atoms with van der Waals surface area (Å²) in [5.74, 6) is 0.298. The number of carboxylic acid groups (broad SMARTS) is 1. The third kappa shape index (κ3) is 3.13. The SMILES string of the molecule is Cc1oc(CN(C)C(=O)[C@@H]2COc3ccccc3C2)cc1C(=O)O. The van der Waals surface area contributed by atoms with Crippen LogP contribution in [0.25, 0.3) is 0 Å². The second-order valence-corrected chi connectivity index (χ2v) is 6.00. The van der Waals surface area contributed by atoms with Crippen molar-refractivity contribution >= 4 is 11.9 Å². The van der Waals surface area contributed by atoms with Gasteiger partial charge in [-0.25, -0.2) is 4.79 Å². The van der Waals surface area contributed by atoms with Gasteiger partial charge in [0.1, 0.15) is 29.4 Å². The van der Waals surface area contributed by atoms with Crippen molar-refractivity contribution in [2.24, 2.45) is 5.92 Å². The Morgan fingerprint density at radius 2 is 2.08 bits per heavy atom. The van der Waals surface area contributed by atoms with Crippen molar-refractivity contribution < 1.29 is 23.8 Å². The van der Waals surface area contributed by atoms with Gasteiger partial charge in [0, 0.05) is 7.05 Å². The number of aryl methyl sites for hydroxylation is 1. The van der Waals surface area contributed by atoms with Gasteiger partial charge in [-0.1, -0.05) is 18.2 Å². The minimum atomic E-state index is -1.03. The van der Waals surface area contributed by atoms with Gasteiger partial charge >= 0.3 is 5.97 Å². The van der Waals surface area contributed by atoms with Gasteiger partial charge in [-0.3, -0.25) is 4.79 Å². The van der Waals surface area contributed by atoms with Crippen LogP contribution in [-0.2, 0) is 17.8 Å². The maximum atomic E-state index is 12.6. The van der Waals surface area contributed by atoms with Crippen molar-refractivity contribution in [2.45, 2.75) is 19.9 Å². The summed E-state index contributed by atoms with van der Waals surface area (Å²) in [6, 6.07) is 9.17. The Morgan fingerprint density at radius 3 is 2.79 bits per heavy atom. The molecule has 2 aromatic rings. The lowest BCUT2D eigenvalue weighted by Gasteiger charge is -2.27. The molecule has 2 heterocycles. The standard InChI is InChI=1S/C18H19NO5/c1-11-15(18(21)22)8-14(24-11)9-19(2)17(20)13-7-12-5-3-4-6-16(12)23-10-13/h3-6,8,13H,7,9-10H2,1-2H3,(H,21,22)/t13-/m0/s1. The van der Waals surface area contributed by atoms with E-state index in [-0.39, 0.29) is 23.9 Å². The fraction of sp³-hybridized carbons (Fsp3) is 0.333. The first kappa shape index (κ1) is 16.1. The molecule has 0 fully saturated rings. The van der Waals surface area contributed by atoms with Crippen molar-refractivity contribution in [3.05, 3.63) is 53.0 Å². The van der Waals surface area contributed by atoms with E-state index >= 15 is 0 Å². The first-order valence-corrected chi connectivity index (χ1v) is 7.74. The number of hydrogen-bond donors (Lipinski definition) is 1. The molecule has 1 aliphatic rings. The van der Waals surface area contributed by atoms with E-state index in [9.17, 15) is 9.59 Å². The third-order valence-corrected chi connectivity index (χ3v) is 4.20. The predicted molar refractivity (Wildman–Crippen MR) is 86.0 cm³/mol. The first-order valence-electron chi connectivity index (χ1n) is 7.74. The number of ether oxygens (including phenoxy) is 1. The highest BCUT2D eigenvalue weighted by molar-refractivity contribution is 5.88. The molecule has 0 spiro atoms. The number of fused-ring (bicyclic) bond motifs is 1. The molecule has 126 valence electrons. The van der Waals surface area contributed by atoms with Gasteiger partial charge in [0.15, 0.2) is 0 Å². The Morgan fingerprint density at radius 1 is 1.33 bits per heavy atom. The molecule has 0 saturated heterocycles. The number of hydrogen-bond acceptors (Lipinski definition) is 4. The van der Waals surface area contributed by atoms with Crippen LogP contribution in [0.4, 0.5) is 0 Å². The highest BCUT2D eigenvalue weighted by Crippen LogP contribution is 2.28. The number of carbonyl (C=O) groups excluding carboxylic acids is 1. The number of aromatic carboxylic acids is 1. The smallest absolute Gasteiger partial charge is 0.339 e. The van der Waals surface area contributed by atoms with E-state index in [0.717, 1.165) is 11.3 Å². The summed E-state index contributed by atoms with van der Waals surface area (Å²) in [5, 5.41) is 9.06. The Hall–Kier alpha value is -2.76. The summed E-state index contributed by atoms with van der Waals surface area (Å²) in [6.07, 6.45) is 0.636. The molecular weight excluding hydrogens is 310 g/mol. The van der Waals surface area contributed by atoms with Gasteiger partial charge in [-0.15, -0.1) is 0 Å². The van der Waals surface area contributed by atoms with Gasteiger partial charge in [-0.05, 0) is 31.0 Å². The Bertz CT molecular complexity index is 779. The van der Waals surface area contributed by atoms with Crippen LogP contribution in [0, 0.1) is 12.8 Å². The number of nitrogens with zero attached hydrogens (tertiary/aromatic N) is 1. The van der Waals surface area contributed by atoms with Gasteiger partial charge in [-0.2, -0.15) is 0 Å². The van der Waals surface area contributed by atoms with Crippen LogP contribution in [-0.4, -0.2) is 35.5 Å². The minimum absolute atomic E-state index is 0.0459. The van der Waals surface area contributed by atoms with Crippen LogP contribution in [0.1, 0.15) is 27.4 Å². The molecule has 24 heavy (non-hydrogen) atoms. The lowest BCUT2D eigenvalue weighted by atomic mass is 9.95. The number of furan rings is 1. The third-order valence-electron chi connectivity index (χ3n) is 4.20. The second kappa shape index (κ2) is 6.39. The van der Waals surface area contributed by atoms with Crippen LogP contribution < -0.4 is 4.74 Å². The maximum absolute atomic E-state index is 12.6. The molecule has 1 N–H and O–H groups in total. The molecule has 0 radical (unpaired) electrons. The fourth-order valence-electron chi connectivity index (χ4n) is 2.94. The second-order valence-electron chi connectivity index (χ2n) is 6.00. The molecule has 0 bridgehead atoms. The van der Waals surface area contributed by atoms with Gasteiger partial charge in [0.05, 0.1) is 12.5 Å². The lowest BCUT2D eigenvalue weighted by molar-refractivity contribution is -0.136. The molecule has 0 saturated carbocycles. The van der Waals surface area contributed by atoms with E-state index in [1.165, 1.54) is 6.07 Å². The molecule has 0 unspecified atom stereocenters.